The van der Waals surface area contributed by atoms with Gasteiger partial charge in [0.2, 0.25) is 24.1 Å². The third-order valence-electron chi connectivity index (χ3n) is 11.9. The first-order valence-electron chi connectivity index (χ1n) is 21.6. The first kappa shape index (κ1) is 44.3. The second-order valence-electron chi connectivity index (χ2n) is 16.5. The minimum absolute atomic E-state index is 0.00821. The second kappa shape index (κ2) is 18.8. The van der Waals surface area contributed by atoms with E-state index in [1.165, 1.54) is 15.5 Å². The normalized spacial score (nSPS) is 16.9. The summed E-state index contributed by atoms with van der Waals surface area (Å²) in [6.07, 6.45) is 0.380. The number of phenols is 2. The molecule has 2 atom stereocenters. The number of aliphatic hydroxyl groups is 1. The number of nitrogens with zero attached hydrogens (tertiary/aromatic N) is 5. The molecule has 3 aliphatic heterocycles. The topological polar surface area (TPSA) is 238 Å². The van der Waals surface area contributed by atoms with Gasteiger partial charge in [0.1, 0.15) is 29.0 Å². The first-order chi connectivity index (χ1) is 31.3. The molecule has 0 spiro atoms. The Balaban J connectivity index is 0.839. The number of hydrogen-bond donors (Lipinski definition) is 6. The molecule has 2 unspecified atom stereocenters. The van der Waals surface area contributed by atoms with Crippen LogP contribution in [-0.2, 0) is 20.9 Å². The highest BCUT2D eigenvalue weighted by Crippen LogP contribution is 2.39. The Labute approximate surface area is 374 Å². The number of carbonyl (C=O) groups is 5. The van der Waals surface area contributed by atoms with E-state index in [0.29, 0.717) is 83.2 Å². The molecule has 6 N–H and O–H groups in total. The lowest BCUT2D eigenvalue weighted by Gasteiger charge is -2.32. The van der Waals surface area contributed by atoms with Crippen LogP contribution < -0.4 is 20.7 Å². The van der Waals surface area contributed by atoms with Crippen molar-refractivity contribution in [3.63, 3.8) is 0 Å². The van der Waals surface area contributed by atoms with Crippen molar-refractivity contribution in [1.29, 1.82) is 0 Å². The summed E-state index contributed by atoms with van der Waals surface area (Å²) >= 11 is 0. The van der Waals surface area contributed by atoms with Crippen LogP contribution in [-0.4, -0.2) is 108 Å². The molecule has 5 aromatic rings. The number of piperidine rings is 2. The number of aromatic nitrogens is 3. The van der Waals surface area contributed by atoms with Crippen LogP contribution in [0.5, 0.6) is 23.0 Å². The zero-order valence-corrected chi connectivity index (χ0v) is 36.1. The summed E-state index contributed by atoms with van der Waals surface area (Å²) in [5, 5.41) is 48.4. The predicted molar refractivity (Wildman–Crippen MR) is 235 cm³/mol. The number of ether oxygens (including phenoxy) is 2. The highest BCUT2D eigenvalue weighted by Gasteiger charge is 2.40. The Bertz CT molecular complexity index is 2620. The van der Waals surface area contributed by atoms with Gasteiger partial charge in [-0.3, -0.25) is 33.9 Å². The number of phenolic OH excluding ortho intramolecular Hbond substituents is 2. The van der Waals surface area contributed by atoms with Crippen molar-refractivity contribution >= 4 is 35.2 Å². The van der Waals surface area contributed by atoms with Crippen molar-refractivity contribution < 1.29 is 48.8 Å². The van der Waals surface area contributed by atoms with E-state index in [9.17, 15) is 39.3 Å². The number of benzene rings is 4. The molecule has 18 heteroatoms. The smallest absolute Gasteiger partial charge is 0.289 e. The van der Waals surface area contributed by atoms with Gasteiger partial charge in [0.15, 0.2) is 5.82 Å². The van der Waals surface area contributed by atoms with Crippen molar-refractivity contribution in [3.05, 3.63) is 107 Å². The molecule has 2 saturated heterocycles. The van der Waals surface area contributed by atoms with Crippen LogP contribution >= 0.6 is 0 Å². The number of nitrogens with one attached hydrogen (secondary N) is 3. The molecule has 0 saturated carbocycles. The number of aromatic hydroxyl groups is 2. The standard InChI is InChI=1S/C47H50N8O10/c1-4-48-44(60)42-52-51-41(34-22-33(26(2)3)38(56)23-39(34)57)55(42)29-10-14-31(15-11-29)65-30-12-8-28(9-13-30)45(61)53-20-18-27(19-21-53)25-64-47(63)49-36-7-5-6-32-35(36)24-54(46(32)62)37-16-17-40(58)50-43(37)59/h5-15,22-23,26-27,37,47,49,56-57,63H,4,16-21,24-25H2,1-3H3,(H,48,60)(H,50,58,59). The lowest BCUT2D eigenvalue weighted by molar-refractivity contribution is -0.136. The maximum atomic E-state index is 13.5. The highest BCUT2D eigenvalue weighted by molar-refractivity contribution is 6.06. The van der Waals surface area contributed by atoms with Gasteiger partial charge in [-0.05, 0) is 110 Å². The molecule has 1 aromatic heterocycles. The molecule has 65 heavy (non-hydrogen) atoms. The van der Waals surface area contributed by atoms with E-state index in [2.05, 4.69) is 26.1 Å². The van der Waals surface area contributed by atoms with Crippen LogP contribution in [0.2, 0.25) is 0 Å². The number of rotatable bonds is 14. The van der Waals surface area contributed by atoms with Crippen molar-refractivity contribution in [2.24, 2.45) is 5.92 Å². The van der Waals surface area contributed by atoms with Crippen LogP contribution in [0.1, 0.15) is 94.8 Å². The van der Waals surface area contributed by atoms with E-state index < -0.39 is 24.3 Å². The van der Waals surface area contributed by atoms with Gasteiger partial charge in [0, 0.05) is 66.7 Å². The number of hydrogen-bond acceptors (Lipinski definition) is 13. The molecular formula is C47H50N8O10. The fraction of sp³-hybridized carbons (Fsp3) is 0.340. The van der Waals surface area contributed by atoms with Gasteiger partial charge in [0.05, 0.1) is 12.2 Å². The summed E-state index contributed by atoms with van der Waals surface area (Å²) in [6.45, 7) is 7.39. The maximum Gasteiger partial charge on any atom is 0.289 e. The number of anilines is 1. The Morgan fingerprint density at radius 2 is 1.60 bits per heavy atom. The van der Waals surface area contributed by atoms with E-state index in [-0.39, 0.29) is 78.7 Å². The fourth-order valence-electron chi connectivity index (χ4n) is 8.40. The summed E-state index contributed by atoms with van der Waals surface area (Å²) in [5.74, 6) is -0.769. The van der Waals surface area contributed by atoms with Crippen molar-refractivity contribution in [2.75, 3.05) is 31.6 Å². The molecule has 18 nitrogen and oxygen atoms in total. The van der Waals surface area contributed by atoms with Gasteiger partial charge >= 0.3 is 0 Å². The number of imide groups is 1. The molecule has 0 radical (unpaired) electrons. The number of likely N-dealkylation sites (tertiary alicyclic amines) is 1. The van der Waals surface area contributed by atoms with Gasteiger partial charge in [-0.2, -0.15) is 0 Å². The van der Waals surface area contributed by atoms with Crippen molar-refractivity contribution in [2.45, 2.75) is 71.4 Å². The molecule has 0 bridgehead atoms. The number of aliphatic hydroxyl groups excluding tert-OH is 1. The molecule has 8 rings (SSSR count). The van der Waals surface area contributed by atoms with Crippen LogP contribution in [0.4, 0.5) is 5.69 Å². The minimum atomic E-state index is -1.36. The molecule has 3 aliphatic rings. The van der Waals surface area contributed by atoms with Gasteiger partial charge < -0.3 is 45.2 Å². The summed E-state index contributed by atoms with van der Waals surface area (Å²) in [5.41, 5.74) is 3.48. The quantitative estimate of drug-likeness (QED) is 0.0635. The third-order valence-corrected chi connectivity index (χ3v) is 11.9. The van der Waals surface area contributed by atoms with E-state index in [1.54, 1.807) is 84.6 Å². The van der Waals surface area contributed by atoms with E-state index in [0.717, 1.165) is 0 Å². The van der Waals surface area contributed by atoms with Gasteiger partial charge in [-0.25, -0.2) is 0 Å². The largest absolute Gasteiger partial charge is 0.508 e. The molecule has 5 amide bonds. The summed E-state index contributed by atoms with van der Waals surface area (Å²) in [4.78, 5) is 67.0. The average Bonchev–Trinajstić information content (AvgIpc) is 3.88. The SMILES string of the molecule is CCNC(=O)c1nnc(-c2cc(C(C)C)c(O)cc2O)n1-c1ccc(Oc2ccc(C(=O)N3CCC(COC(O)Nc4cccc5c4CN(C4CCC(=O)NC4=O)C5=O)CC3)cc2)cc1. The lowest BCUT2D eigenvalue weighted by Crippen LogP contribution is -2.52. The first-order valence-corrected chi connectivity index (χ1v) is 21.6. The van der Waals surface area contributed by atoms with E-state index in [1.807, 2.05) is 13.8 Å². The Hall–Kier alpha value is -7.31. The third kappa shape index (κ3) is 9.35. The molecule has 4 aromatic carbocycles. The van der Waals surface area contributed by atoms with Crippen LogP contribution in [0.15, 0.2) is 78.9 Å². The van der Waals surface area contributed by atoms with Crippen LogP contribution in [0.3, 0.4) is 0 Å². The van der Waals surface area contributed by atoms with Gasteiger partial charge in [0.25, 0.3) is 17.7 Å². The zero-order valence-electron chi connectivity index (χ0n) is 36.1. The average molecular weight is 887 g/mol. The molecular weight excluding hydrogens is 837 g/mol. The summed E-state index contributed by atoms with van der Waals surface area (Å²) in [6, 6.07) is 21.0. The van der Waals surface area contributed by atoms with Crippen LogP contribution in [0.25, 0.3) is 17.1 Å². The maximum absolute atomic E-state index is 13.5. The summed E-state index contributed by atoms with van der Waals surface area (Å²) < 4.78 is 13.4. The highest BCUT2D eigenvalue weighted by atomic mass is 16.6. The van der Waals surface area contributed by atoms with Gasteiger partial charge in [-0.15, -0.1) is 10.2 Å². The molecule has 2 fully saturated rings. The Morgan fingerprint density at radius 3 is 2.28 bits per heavy atom. The fourth-order valence-corrected chi connectivity index (χ4v) is 8.40. The van der Waals surface area contributed by atoms with Crippen molar-refractivity contribution in [3.8, 4) is 40.1 Å². The Kier molecular flexibility index (Phi) is 12.8. The molecule has 4 heterocycles. The van der Waals surface area contributed by atoms with E-state index >= 15 is 0 Å². The second-order valence-corrected chi connectivity index (χ2v) is 16.5. The lowest BCUT2D eigenvalue weighted by atomic mass is 9.97. The minimum Gasteiger partial charge on any atom is -0.508 e. The number of amides is 5. The molecule has 338 valence electrons. The predicted octanol–water partition coefficient (Wildman–Crippen LogP) is 5.03. The van der Waals surface area contributed by atoms with E-state index in [4.69, 9.17) is 9.47 Å². The number of fused-ring (bicyclic) bond motifs is 1. The Morgan fingerprint density at radius 1 is 0.892 bits per heavy atom. The summed E-state index contributed by atoms with van der Waals surface area (Å²) in [7, 11) is 0. The van der Waals surface area contributed by atoms with Crippen LogP contribution in [0, 0.1) is 5.92 Å². The number of carbonyl (C=O) groups excluding carboxylic acids is 5. The van der Waals surface area contributed by atoms with Crippen molar-refractivity contribution in [1.82, 2.24) is 35.2 Å². The molecule has 0 aliphatic carbocycles. The zero-order chi connectivity index (χ0) is 45.9. The monoisotopic (exact) mass is 886 g/mol. The van der Waals surface area contributed by atoms with Gasteiger partial charge in [-0.1, -0.05) is 19.9 Å².